The van der Waals surface area contributed by atoms with E-state index in [0.717, 1.165) is 5.56 Å². The lowest BCUT2D eigenvalue weighted by Crippen LogP contribution is -2.40. The second-order valence-electron chi connectivity index (χ2n) is 8.73. The molecule has 0 unspecified atom stereocenters. The van der Waals surface area contributed by atoms with Crippen LogP contribution in [0.2, 0.25) is 5.02 Å². The van der Waals surface area contributed by atoms with Crippen LogP contribution >= 0.6 is 22.9 Å². The summed E-state index contributed by atoms with van der Waals surface area (Å²) < 4.78 is 12.6. The number of thiazole rings is 1. The number of benzene rings is 3. The molecule has 8 nitrogen and oxygen atoms in total. The molecule has 0 spiro atoms. The van der Waals surface area contributed by atoms with Gasteiger partial charge in [0.15, 0.2) is 11.4 Å². The Balaban J connectivity index is 1.70. The van der Waals surface area contributed by atoms with Crippen LogP contribution in [-0.2, 0) is 14.3 Å². The zero-order chi connectivity index (χ0) is 28.2. The zero-order valence-electron chi connectivity index (χ0n) is 21.2. The number of ether oxygens (including phenoxy) is 2. The monoisotopic (exact) mass is 574 g/mol. The standard InChI is InChI=1S/C30H23ClN2O6S/c1-2-38-29(37)25-26(19-6-4-3-5-7-19)32-30-33(27(25)20-10-12-21(31)13-11-20)28(36)23(40-30)16-18-8-14-22(15-9-18)39-17-24(34)35/h3-16,27H,2,17H2,1H3,(H,34,35)/b23-16+/t27-/m1/s1. The van der Waals surface area contributed by atoms with Gasteiger partial charge in [-0.25, -0.2) is 14.6 Å². The number of hydrogen-bond donors (Lipinski definition) is 1. The summed E-state index contributed by atoms with van der Waals surface area (Å²) in [6, 6.07) is 22.2. The van der Waals surface area contributed by atoms with Gasteiger partial charge in [0.2, 0.25) is 0 Å². The van der Waals surface area contributed by atoms with E-state index >= 15 is 0 Å². The summed E-state index contributed by atoms with van der Waals surface area (Å²) in [5.41, 5.74) is 2.50. The van der Waals surface area contributed by atoms with Gasteiger partial charge in [-0.2, -0.15) is 0 Å². The second kappa shape index (κ2) is 11.7. The fraction of sp³-hybridized carbons (Fsp3) is 0.133. The molecule has 0 bridgehead atoms. The number of carboxylic acid groups (broad SMARTS) is 1. The highest BCUT2D eigenvalue weighted by atomic mass is 35.5. The Kier molecular flexibility index (Phi) is 7.95. The molecule has 40 heavy (non-hydrogen) atoms. The van der Waals surface area contributed by atoms with Gasteiger partial charge in [-0.15, -0.1) is 0 Å². The Morgan fingerprint density at radius 3 is 2.40 bits per heavy atom. The zero-order valence-corrected chi connectivity index (χ0v) is 22.8. The van der Waals surface area contributed by atoms with Crippen molar-refractivity contribution in [1.82, 2.24) is 4.57 Å². The number of halogens is 1. The van der Waals surface area contributed by atoms with Crippen LogP contribution in [0.25, 0.3) is 11.8 Å². The molecule has 0 amide bonds. The molecule has 0 saturated carbocycles. The highest BCUT2D eigenvalue weighted by molar-refractivity contribution is 7.07. The number of hydrogen-bond acceptors (Lipinski definition) is 7. The molecule has 1 atom stereocenters. The Morgan fingerprint density at radius 2 is 1.75 bits per heavy atom. The summed E-state index contributed by atoms with van der Waals surface area (Å²) in [6.45, 7) is 1.44. The maximum absolute atomic E-state index is 13.9. The third-order valence-corrected chi connectivity index (χ3v) is 7.33. The lowest BCUT2D eigenvalue weighted by Gasteiger charge is -2.25. The van der Waals surface area contributed by atoms with Crippen molar-refractivity contribution in [3.63, 3.8) is 0 Å². The summed E-state index contributed by atoms with van der Waals surface area (Å²) in [5.74, 6) is -1.23. The summed E-state index contributed by atoms with van der Waals surface area (Å²) in [6.07, 6.45) is 1.72. The van der Waals surface area contributed by atoms with Gasteiger partial charge in [0.05, 0.1) is 28.5 Å². The molecule has 1 N–H and O–H groups in total. The van der Waals surface area contributed by atoms with Gasteiger partial charge in [0, 0.05) is 10.6 Å². The minimum atomic E-state index is -1.07. The van der Waals surface area contributed by atoms with Crippen LogP contribution in [-0.4, -0.2) is 34.8 Å². The maximum Gasteiger partial charge on any atom is 0.341 e. The van der Waals surface area contributed by atoms with E-state index in [1.807, 2.05) is 30.3 Å². The SMILES string of the molecule is CCOC(=O)C1=C(c2ccccc2)N=c2s/c(=C/c3ccc(OCC(=O)O)cc3)c(=O)n2[C@@H]1c1ccc(Cl)cc1. The van der Waals surface area contributed by atoms with Crippen molar-refractivity contribution in [2.75, 3.05) is 13.2 Å². The quantitative estimate of drug-likeness (QED) is 0.318. The molecule has 10 heteroatoms. The molecule has 0 fully saturated rings. The Labute approximate surface area is 237 Å². The first-order valence-electron chi connectivity index (χ1n) is 12.3. The smallest absolute Gasteiger partial charge is 0.341 e. The largest absolute Gasteiger partial charge is 0.482 e. The molecule has 202 valence electrons. The summed E-state index contributed by atoms with van der Waals surface area (Å²) in [4.78, 5) is 43.3. The van der Waals surface area contributed by atoms with E-state index in [-0.39, 0.29) is 17.7 Å². The van der Waals surface area contributed by atoms with Gasteiger partial charge in [0.25, 0.3) is 5.56 Å². The first-order valence-corrected chi connectivity index (χ1v) is 13.5. The number of carbonyl (C=O) groups is 2. The number of aliphatic carboxylic acids is 1. The van der Waals surface area contributed by atoms with Crippen molar-refractivity contribution in [2.24, 2.45) is 4.99 Å². The third-order valence-electron chi connectivity index (χ3n) is 6.10. The van der Waals surface area contributed by atoms with Crippen LogP contribution in [0.15, 0.2) is 94.2 Å². The van der Waals surface area contributed by atoms with Crippen LogP contribution in [0.3, 0.4) is 0 Å². The van der Waals surface area contributed by atoms with E-state index in [9.17, 15) is 14.4 Å². The number of esters is 1. The average molecular weight is 575 g/mol. The highest BCUT2D eigenvalue weighted by Gasteiger charge is 2.35. The van der Waals surface area contributed by atoms with E-state index in [0.29, 0.717) is 36.9 Å². The molecule has 0 radical (unpaired) electrons. The molecule has 3 aromatic carbocycles. The van der Waals surface area contributed by atoms with Gasteiger partial charge in [-0.3, -0.25) is 9.36 Å². The molecule has 1 aromatic heterocycles. The lowest BCUT2D eigenvalue weighted by molar-refractivity contribution is -0.140. The minimum Gasteiger partial charge on any atom is -0.482 e. The molecular formula is C30H23ClN2O6S. The van der Waals surface area contributed by atoms with E-state index in [4.69, 9.17) is 31.2 Å². The van der Waals surface area contributed by atoms with E-state index in [1.165, 1.54) is 15.9 Å². The van der Waals surface area contributed by atoms with E-state index in [2.05, 4.69) is 0 Å². The number of carbonyl (C=O) groups excluding carboxylic acids is 1. The molecular weight excluding hydrogens is 552 g/mol. The summed E-state index contributed by atoms with van der Waals surface area (Å²) in [7, 11) is 0. The maximum atomic E-state index is 13.9. The van der Waals surface area contributed by atoms with Crippen molar-refractivity contribution >= 4 is 46.6 Å². The van der Waals surface area contributed by atoms with Gasteiger partial charge in [-0.1, -0.05) is 77.5 Å². The van der Waals surface area contributed by atoms with Crippen molar-refractivity contribution < 1.29 is 24.2 Å². The van der Waals surface area contributed by atoms with Gasteiger partial charge in [0.1, 0.15) is 5.75 Å². The number of nitrogens with zero attached hydrogens (tertiary/aromatic N) is 2. The molecule has 0 aliphatic carbocycles. The number of fused-ring (bicyclic) bond motifs is 1. The van der Waals surface area contributed by atoms with E-state index in [1.54, 1.807) is 61.5 Å². The molecule has 5 rings (SSSR count). The topological polar surface area (TPSA) is 107 Å². The summed E-state index contributed by atoms with van der Waals surface area (Å²) >= 11 is 7.37. The molecule has 1 aliphatic heterocycles. The van der Waals surface area contributed by atoms with Crippen LogP contribution in [0.5, 0.6) is 5.75 Å². The van der Waals surface area contributed by atoms with Gasteiger partial charge < -0.3 is 14.6 Å². The molecule has 1 aliphatic rings. The highest BCUT2D eigenvalue weighted by Crippen LogP contribution is 2.35. The fourth-order valence-electron chi connectivity index (χ4n) is 4.36. The molecule has 0 saturated heterocycles. The average Bonchev–Trinajstić information content (AvgIpc) is 3.27. The Morgan fingerprint density at radius 1 is 1.05 bits per heavy atom. The van der Waals surface area contributed by atoms with Crippen LogP contribution in [0, 0.1) is 0 Å². The predicted octanol–water partition coefficient (Wildman–Crippen LogP) is 4.05. The first kappa shape index (κ1) is 27.1. The van der Waals surface area contributed by atoms with Crippen molar-refractivity contribution in [3.8, 4) is 5.75 Å². The first-order chi connectivity index (χ1) is 19.4. The predicted molar refractivity (Wildman–Crippen MR) is 152 cm³/mol. The summed E-state index contributed by atoms with van der Waals surface area (Å²) in [5, 5.41) is 9.34. The van der Waals surface area contributed by atoms with Crippen LogP contribution in [0.4, 0.5) is 0 Å². The van der Waals surface area contributed by atoms with Crippen LogP contribution in [0.1, 0.15) is 29.7 Å². The number of rotatable bonds is 8. The minimum absolute atomic E-state index is 0.161. The number of carboxylic acids is 1. The molecule has 2 heterocycles. The van der Waals surface area contributed by atoms with Crippen molar-refractivity contribution in [3.05, 3.63) is 126 Å². The third kappa shape index (κ3) is 5.61. The van der Waals surface area contributed by atoms with Crippen molar-refractivity contribution in [1.29, 1.82) is 0 Å². The lowest BCUT2D eigenvalue weighted by atomic mass is 9.93. The fourth-order valence-corrected chi connectivity index (χ4v) is 5.48. The Hall–Kier alpha value is -4.47. The Bertz CT molecular complexity index is 1780. The van der Waals surface area contributed by atoms with Gasteiger partial charge in [-0.05, 0) is 48.4 Å². The molecule has 4 aromatic rings. The normalized spacial score (nSPS) is 14.8. The van der Waals surface area contributed by atoms with E-state index < -0.39 is 24.6 Å². The van der Waals surface area contributed by atoms with Crippen molar-refractivity contribution in [2.45, 2.75) is 13.0 Å². The van der Waals surface area contributed by atoms with Gasteiger partial charge >= 0.3 is 11.9 Å². The second-order valence-corrected chi connectivity index (χ2v) is 10.2. The van der Waals surface area contributed by atoms with Crippen LogP contribution < -0.4 is 19.6 Å². The number of aromatic nitrogens is 1.